The summed E-state index contributed by atoms with van der Waals surface area (Å²) >= 11 is 0. The predicted octanol–water partition coefficient (Wildman–Crippen LogP) is 1.97. The highest BCUT2D eigenvalue weighted by Crippen LogP contribution is 2.26. The number of carbonyl (C=O) groups excluding carboxylic acids is 1. The molecule has 0 radical (unpaired) electrons. The molecule has 1 aliphatic heterocycles. The van der Waals surface area contributed by atoms with Crippen LogP contribution in [0.4, 0.5) is 5.69 Å². The number of rotatable bonds is 1. The molecule has 0 unspecified atom stereocenters. The minimum absolute atomic E-state index is 0.277. The van der Waals surface area contributed by atoms with Gasteiger partial charge in [0.15, 0.2) is 0 Å². The van der Waals surface area contributed by atoms with Gasteiger partial charge in [-0.2, -0.15) is 0 Å². The van der Waals surface area contributed by atoms with Crippen molar-refractivity contribution in [3.05, 3.63) is 23.8 Å². The van der Waals surface area contributed by atoms with Gasteiger partial charge in [0, 0.05) is 25.2 Å². The zero-order valence-electron chi connectivity index (χ0n) is 8.17. The number of benzene rings is 1. The molecule has 0 aromatic heterocycles. The Morgan fingerprint density at radius 1 is 1.50 bits per heavy atom. The fourth-order valence-corrected chi connectivity index (χ4v) is 1.67. The molecule has 0 saturated carbocycles. The van der Waals surface area contributed by atoms with E-state index >= 15 is 0 Å². The first kappa shape index (κ1) is 9.06. The number of nitrogens with one attached hydrogen (secondary N) is 1. The SMILES string of the molecule is CC(=O)Oc1ccc2c(c1)NCCC2. The smallest absolute Gasteiger partial charge is 0.308 e. The summed E-state index contributed by atoms with van der Waals surface area (Å²) in [5.41, 5.74) is 2.39. The molecular formula is C11H13NO2. The van der Waals surface area contributed by atoms with Crippen molar-refractivity contribution >= 4 is 11.7 Å². The molecule has 0 spiro atoms. The average Bonchev–Trinajstić information content (AvgIpc) is 2.17. The fraction of sp³-hybridized carbons (Fsp3) is 0.364. The minimum Gasteiger partial charge on any atom is -0.427 e. The lowest BCUT2D eigenvalue weighted by Gasteiger charge is -2.18. The van der Waals surface area contributed by atoms with Gasteiger partial charge >= 0.3 is 5.97 Å². The van der Waals surface area contributed by atoms with E-state index in [1.807, 2.05) is 18.2 Å². The second kappa shape index (κ2) is 3.70. The van der Waals surface area contributed by atoms with Gasteiger partial charge in [-0.3, -0.25) is 4.79 Å². The second-order valence-corrected chi connectivity index (χ2v) is 3.44. The van der Waals surface area contributed by atoms with E-state index < -0.39 is 0 Å². The molecule has 1 aromatic carbocycles. The van der Waals surface area contributed by atoms with Gasteiger partial charge in [0.2, 0.25) is 0 Å². The minimum atomic E-state index is -0.277. The van der Waals surface area contributed by atoms with E-state index in [4.69, 9.17) is 4.74 Å². The molecule has 0 saturated heterocycles. The Morgan fingerprint density at radius 3 is 3.14 bits per heavy atom. The zero-order chi connectivity index (χ0) is 9.97. The average molecular weight is 191 g/mol. The van der Waals surface area contributed by atoms with E-state index in [9.17, 15) is 4.79 Å². The Balaban J connectivity index is 2.24. The standard InChI is InChI=1S/C11H13NO2/c1-8(13)14-10-5-4-9-3-2-6-12-11(9)7-10/h4-5,7,12H,2-3,6H2,1H3. The Kier molecular flexibility index (Phi) is 2.39. The molecule has 1 N–H and O–H groups in total. The van der Waals surface area contributed by atoms with Crippen molar-refractivity contribution in [1.29, 1.82) is 0 Å². The van der Waals surface area contributed by atoms with Gasteiger partial charge in [-0.1, -0.05) is 6.07 Å². The molecule has 74 valence electrons. The highest BCUT2D eigenvalue weighted by Gasteiger charge is 2.09. The van der Waals surface area contributed by atoms with Crippen molar-refractivity contribution in [3.63, 3.8) is 0 Å². The summed E-state index contributed by atoms with van der Waals surface area (Å²) in [7, 11) is 0. The third kappa shape index (κ3) is 1.87. The van der Waals surface area contributed by atoms with E-state index in [1.54, 1.807) is 0 Å². The van der Waals surface area contributed by atoms with Gasteiger partial charge in [0.1, 0.15) is 5.75 Å². The summed E-state index contributed by atoms with van der Waals surface area (Å²) in [5.74, 6) is 0.339. The Labute approximate surface area is 83.1 Å². The van der Waals surface area contributed by atoms with Crippen LogP contribution in [0.3, 0.4) is 0 Å². The van der Waals surface area contributed by atoms with Crippen molar-refractivity contribution in [2.45, 2.75) is 19.8 Å². The predicted molar refractivity (Wildman–Crippen MR) is 54.6 cm³/mol. The third-order valence-corrected chi connectivity index (χ3v) is 2.28. The quantitative estimate of drug-likeness (QED) is 0.544. The maximum Gasteiger partial charge on any atom is 0.308 e. The van der Waals surface area contributed by atoms with Crippen LogP contribution in [0.25, 0.3) is 0 Å². The van der Waals surface area contributed by atoms with Gasteiger partial charge in [-0.25, -0.2) is 0 Å². The number of hydrogen-bond donors (Lipinski definition) is 1. The lowest BCUT2D eigenvalue weighted by Crippen LogP contribution is -2.12. The number of ether oxygens (including phenoxy) is 1. The number of carbonyl (C=O) groups is 1. The fourth-order valence-electron chi connectivity index (χ4n) is 1.67. The number of hydrogen-bond acceptors (Lipinski definition) is 3. The highest BCUT2D eigenvalue weighted by molar-refractivity contribution is 5.70. The summed E-state index contributed by atoms with van der Waals surface area (Å²) in [4.78, 5) is 10.7. The molecule has 3 heteroatoms. The van der Waals surface area contributed by atoms with Crippen LogP contribution in [-0.4, -0.2) is 12.5 Å². The van der Waals surface area contributed by atoms with Gasteiger partial charge in [0.05, 0.1) is 0 Å². The van der Waals surface area contributed by atoms with Crippen LogP contribution in [0.1, 0.15) is 18.9 Å². The number of anilines is 1. The van der Waals surface area contributed by atoms with Crippen molar-refractivity contribution in [2.75, 3.05) is 11.9 Å². The molecule has 1 heterocycles. The van der Waals surface area contributed by atoms with Crippen molar-refractivity contribution < 1.29 is 9.53 Å². The van der Waals surface area contributed by atoms with Crippen LogP contribution in [0.5, 0.6) is 5.75 Å². The van der Waals surface area contributed by atoms with Crippen molar-refractivity contribution in [3.8, 4) is 5.75 Å². The Hall–Kier alpha value is -1.51. The van der Waals surface area contributed by atoms with Crippen LogP contribution in [0, 0.1) is 0 Å². The van der Waals surface area contributed by atoms with E-state index in [1.165, 1.54) is 18.9 Å². The second-order valence-electron chi connectivity index (χ2n) is 3.44. The van der Waals surface area contributed by atoms with Gasteiger partial charge in [-0.15, -0.1) is 0 Å². The van der Waals surface area contributed by atoms with E-state index in [-0.39, 0.29) is 5.97 Å². The summed E-state index contributed by atoms with van der Waals surface area (Å²) in [6, 6.07) is 5.74. The molecule has 2 rings (SSSR count). The van der Waals surface area contributed by atoms with Crippen LogP contribution < -0.4 is 10.1 Å². The summed E-state index contributed by atoms with van der Waals surface area (Å²) in [5, 5.41) is 3.28. The number of aryl methyl sites for hydroxylation is 1. The van der Waals surface area contributed by atoms with Crippen molar-refractivity contribution in [2.24, 2.45) is 0 Å². The van der Waals surface area contributed by atoms with E-state index in [2.05, 4.69) is 5.32 Å². The lowest BCUT2D eigenvalue weighted by molar-refractivity contribution is -0.131. The largest absolute Gasteiger partial charge is 0.427 e. The first-order valence-corrected chi connectivity index (χ1v) is 4.81. The molecule has 1 aromatic rings. The molecule has 3 nitrogen and oxygen atoms in total. The molecular weight excluding hydrogens is 178 g/mol. The highest BCUT2D eigenvalue weighted by atomic mass is 16.5. The molecule has 0 atom stereocenters. The summed E-state index contributed by atoms with van der Waals surface area (Å²) in [6.45, 7) is 2.41. The molecule has 1 aliphatic rings. The maximum absolute atomic E-state index is 10.7. The monoisotopic (exact) mass is 191 g/mol. The van der Waals surface area contributed by atoms with E-state index in [0.717, 1.165) is 18.7 Å². The van der Waals surface area contributed by atoms with Gasteiger partial charge in [0.25, 0.3) is 0 Å². The Bertz CT molecular complexity index is 360. The third-order valence-electron chi connectivity index (χ3n) is 2.28. The van der Waals surface area contributed by atoms with Crippen LogP contribution in [-0.2, 0) is 11.2 Å². The molecule has 0 amide bonds. The first-order chi connectivity index (χ1) is 6.75. The molecule has 0 fully saturated rings. The van der Waals surface area contributed by atoms with Crippen LogP contribution in [0.15, 0.2) is 18.2 Å². The molecule has 0 bridgehead atoms. The molecule has 14 heavy (non-hydrogen) atoms. The molecule has 0 aliphatic carbocycles. The van der Waals surface area contributed by atoms with E-state index in [0.29, 0.717) is 5.75 Å². The summed E-state index contributed by atoms with van der Waals surface area (Å²) in [6.07, 6.45) is 2.27. The normalized spacial score (nSPS) is 14.1. The summed E-state index contributed by atoms with van der Waals surface area (Å²) < 4.78 is 5.00. The zero-order valence-corrected chi connectivity index (χ0v) is 8.17. The topological polar surface area (TPSA) is 38.3 Å². The lowest BCUT2D eigenvalue weighted by atomic mass is 10.0. The first-order valence-electron chi connectivity index (χ1n) is 4.81. The van der Waals surface area contributed by atoms with Crippen LogP contribution >= 0.6 is 0 Å². The number of esters is 1. The van der Waals surface area contributed by atoms with Gasteiger partial charge in [-0.05, 0) is 24.5 Å². The number of fused-ring (bicyclic) bond motifs is 1. The van der Waals surface area contributed by atoms with Crippen LogP contribution in [0.2, 0.25) is 0 Å². The maximum atomic E-state index is 10.7. The van der Waals surface area contributed by atoms with Crippen molar-refractivity contribution in [1.82, 2.24) is 0 Å². The van der Waals surface area contributed by atoms with Gasteiger partial charge < -0.3 is 10.1 Å². The Morgan fingerprint density at radius 2 is 2.36 bits per heavy atom.